The first-order valence-electron chi connectivity index (χ1n) is 8.80. The minimum absolute atomic E-state index is 0.0812. The number of para-hydroxylation sites is 1. The van der Waals surface area contributed by atoms with E-state index in [-0.39, 0.29) is 12.2 Å². The van der Waals surface area contributed by atoms with E-state index in [2.05, 4.69) is 4.98 Å². The summed E-state index contributed by atoms with van der Waals surface area (Å²) in [7, 11) is 0. The summed E-state index contributed by atoms with van der Waals surface area (Å²) in [6.45, 7) is 1.91. The number of H-pyrrole nitrogens is 1. The standard InChI is InChI=1S/C21H20F3NO2/c1-2-12-27-18(26)13-16(21(22,23)24)19-15-10-6-7-11-17(15)25-20(19)14-8-4-3-5-9-14/h3-11,16,25H,2,12-13H2,1H3/t16-/m1/s1. The van der Waals surface area contributed by atoms with E-state index in [1.165, 1.54) is 0 Å². The van der Waals surface area contributed by atoms with Gasteiger partial charge in [-0.15, -0.1) is 0 Å². The van der Waals surface area contributed by atoms with Gasteiger partial charge in [0.1, 0.15) is 0 Å². The molecule has 1 N–H and O–H groups in total. The lowest BCUT2D eigenvalue weighted by Crippen LogP contribution is -2.25. The van der Waals surface area contributed by atoms with Crippen molar-refractivity contribution >= 4 is 16.9 Å². The van der Waals surface area contributed by atoms with Gasteiger partial charge >= 0.3 is 12.1 Å². The zero-order valence-electron chi connectivity index (χ0n) is 14.8. The van der Waals surface area contributed by atoms with Crippen molar-refractivity contribution in [2.45, 2.75) is 31.9 Å². The molecule has 1 aromatic heterocycles. The van der Waals surface area contributed by atoms with Crippen molar-refractivity contribution in [2.75, 3.05) is 6.61 Å². The van der Waals surface area contributed by atoms with Gasteiger partial charge in [0.15, 0.2) is 0 Å². The maximum absolute atomic E-state index is 14.0. The molecule has 3 nitrogen and oxygen atoms in total. The third kappa shape index (κ3) is 4.15. The highest BCUT2D eigenvalue weighted by atomic mass is 19.4. The molecular formula is C21H20F3NO2. The number of nitrogens with one attached hydrogen (secondary N) is 1. The molecule has 0 saturated heterocycles. The monoisotopic (exact) mass is 375 g/mol. The molecule has 6 heteroatoms. The Morgan fingerprint density at radius 3 is 2.41 bits per heavy atom. The molecule has 0 fully saturated rings. The van der Waals surface area contributed by atoms with Gasteiger partial charge in [0.05, 0.1) is 24.6 Å². The van der Waals surface area contributed by atoms with E-state index in [4.69, 9.17) is 4.74 Å². The Kier molecular flexibility index (Phi) is 5.54. The largest absolute Gasteiger partial charge is 0.466 e. The van der Waals surface area contributed by atoms with Crippen molar-refractivity contribution in [2.24, 2.45) is 0 Å². The third-order valence-corrected chi connectivity index (χ3v) is 4.39. The summed E-state index contributed by atoms with van der Waals surface area (Å²) in [5.74, 6) is -2.79. The Balaban J connectivity index is 2.14. The van der Waals surface area contributed by atoms with Crippen LogP contribution in [0, 0.1) is 0 Å². The average Bonchev–Trinajstić information content (AvgIpc) is 3.03. The minimum Gasteiger partial charge on any atom is -0.466 e. The molecule has 27 heavy (non-hydrogen) atoms. The van der Waals surface area contributed by atoms with Gasteiger partial charge in [0, 0.05) is 10.9 Å². The number of benzene rings is 2. The lowest BCUT2D eigenvalue weighted by atomic mass is 9.90. The van der Waals surface area contributed by atoms with Crippen molar-refractivity contribution in [1.82, 2.24) is 4.98 Å². The summed E-state index contributed by atoms with van der Waals surface area (Å²) in [6.07, 6.45) is -4.77. The smallest absolute Gasteiger partial charge is 0.396 e. The van der Waals surface area contributed by atoms with Gasteiger partial charge in [-0.25, -0.2) is 0 Å². The van der Waals surface area contributed by atoms with Crippen LogP contribution in [0.4, 0.5) is 13.2 Å². The zero-order chi connectivity index (χ0) is 19.4. The highest BCUT2D eigenvalue weighted by Crippen LogP contribution is 2.45. The van der Waals surface area contributed by atoms with Crippen LogP contribution in [-0.2, 0) is 9.53 Å². The second-order valence-corrected chi connectivity index (χ2v) is 6.34. The molecule has 1 heterocycles. The molecule has 0 amide bonds. The van der Waals surface area contributed by atoms with Crippen LogP contribution in [0.2, 0.25) is 0 Å². The quantitative estimate of drug-likeness (QED) is 0.551. The normalized spacial score (nSPS) is 12.9. The van der Waals surface area contributed by atoms with Gasteiger partial charge in [-0.05, 0) is 23.6 Å². The summed E-state index contributed by atoms with van der Waals surface area (Å²) in [5, 5.41) is 0.460. The fourth-order valence-corrected chi connectivity index (χ4v) is 3.18. The SMILES string of the molecule is CCCOC(=O)C[C@H](c1c(-c2ccccc2)[nH]c2ccccc12)C(F)(F)F. The fraction of sp³-hybridized carbons (Fsp3) is 0.286. The number of ether oxygens (including phenoxy) is 1. The lowest BCUT2D eigenvalue weighted by Gasteiger charge is -2.21. The fourth-order valence-electron chi connectivity index (χ4n) is 3.18. The van der Waals surface area contributed by atoms with E-state index in [0.29, 0.717) is 28.6 Å². The molecule has 0 saturated carbocycles. The lowest BCUT2D eigenvalue weighted by molar-refractivity contribution is -0.166. The van der Waals surface area contributed by atoms with Crippen LogP contribution in [0.3, 0.4) is 0 Å². The van der Waals surface area contributed by atoms with Crippen LogP contribution in [0.15, 0.2) is 54.6 Å². The van der Waals surface area contributed by atoms with Crippen molar-refractivity contribution in [1.29, 1.82) is 0 Å². The number of hydrogen-bond acceptors (Lipinski definition) is 2. The second-order valence-electron chi connectivity index (χ2n) is 6.34. The summed E-state index contributed by atoms with van der Waals surface area (Å²) < 4.78 is 46.8. The first-order chi connectivity index (χ1) is 12.9. The molecule has 0 aliphatic carbocycles. The van der Waals surface area contributed by atoms with Gasteiger partial charge in [0.2, 0.25) is 0 Å². The number of carbonyl (C=O) groups is 1. The van der Waals surface area contributed by atoms with Crippen LogP contribution in [0.1, 0.15) is 31.2 Å². The summed E-state index contributed by atoms with van der Waals surface area (Å²) in [6, 6.07) is 15.7. The van der Waals surface area contributed by atoms with Gasteiger partial charge in [-0.2, -0.15) is 13.2 Å². The Hall–Kier alpha value is -2.76. The molecule has 0 bridgehead atoms. The molecule has 1 atom stereocenters. The molecule has 0 aliphatic heterocycles. The summed E-state index contributed by atoms with van der Waals surface area (Å²) >= 11 is 0. The molecular weight excluding hydrogens is 355 g/mol. The van der Waals surface area contributed by atoms with Crippen molar-refractivity contribution in [3.63, 3.8) is 0 Å². The second kappa shape index (κ2) is 7.86. The Morgan fingerprint density at radius 1 is 1.07 bits per heavy atom. The molecule has 142 valence electrons. The first-order valence-corrected chi connectivity index (χ1v) is 8.80. The van der Waals surface area contributed by atoms with Crippen LogP contribution in [0.25, 0.3) is 22.2 Å². The van der Waals surface area contributed by atoms with Gasteiger partial charge in [0.25, 0.3) is 0 Å². The Morgan fingerprint density at radius 2 is 1.74 bits per heavy atom. The van der Waals surface area contributed by atoms with Gasteiger partial charge in [-0.1, -0.05) is 55.5 Å². The van der Waals surface area contributed by atoms with E-state index < -0.39 is 24.5 Å². The predicted molar refractivity (Wildman–Crippen MR) is 98.4 cm³/mol. The highest BCUT2D eigenvalue weighted by molar-refractivity contribution is 5.92. The minimum atomic E-state index is -4.58. The van der Waals surface area contributed by atoms with E-state index in [1.54, 1.807) is 61.5 Å². The van der Waals surface area contributed by atoms with E-state index in [9.17, 15) is 18.0 Å². The first kappa shape index (κ1) is 19.0. The zero-order valence-corrected chi connectivity index (χ0v) is 14.8. The van der Waals surface area contributed by atoms with Crippen LogP contribution in [0.5, 0.6) is 0 Å². The summed E-state index contributed by atoms with van der Waals surface area (Å²) in [4.78, 5) is 15.1. The van der Waals surface area contributed by atoms with E-state index in [0.717, 1.165) is 0 Å². The molecule has 0 spiro atoms. The number of esters is 1. The number of halogens is 3. The number of carbonyl (C=O) groups excluding carboxylic acids is 1. The topological polar surface area (TPSA) is 42.1 Å². The number of alkyl halides is 3. The van der Waals surface area contributed by atoms with Crippen molar-refractivity contribution in [3.05, 3.63) is 60.2 Å². The molecule has 0 radical (unpaired) electrons. The van der Waals surface area contributed by atoms with Gasteiger partial charge in [-0.3, -0.25) is 4.79 Å². The van der Waals surface area contributed by atoms with Crippen LogP contribution >= 0.6 is 0 Å². The number of aromatic nitrogens is 1. The molecule has 0 unspecified atom stereocenters. The predicted octanol–water partition coefficient (Wildman–Crippen LogP) is 5.82. The number of fused-ring (bicyclic) bond motifs is 1. The van der Waals surface area contributed by atoms with E-state index in [1.807, 2.05) is 0 Å². The number of rotatable bonds is 6. The number of aromatic amines is 1. The Labute approximate surface area is 155 Å². The molecule has 3 rings (SSSR count). The average molecular weight is 375 g/mol. The molecule has 3 aromatic rings. The maximum Gasteiger partial charge on any atom is 0.396 e. The third-order valence-electron chi connectivity index (χ3n) is 4.39. The molecule has 0 aliphatic rings. The van der Waals surface area contributed by atoms with Crippen LogP contribution < -0.4 is 0 Å². The van der Waals surface area contributed by atoms with Gasteiger partial charge < -0.3 is 9.72 Å². The maximum atomic E-state index is 14.0. The van der Waals surface area contributed by atoms with Crippen molar-refractivity contribution in [3.8, 4) is 11.3 Å². The van der Waals surface area contributed by atoms with Crippen molar-refractivity contribution < 1.29 is 22.7 Å². The van der Waals surface area contributed by atoms with Crippen LogP contribution in [-0.4, -0.2) is 23.7 Å². The highest BCUT2D eigenvalue weighted by Gasteiger charge is 2.45. The summed E-state index contributed by atoms with van der Waals surface area (Å²) in [5.41, 5.74) is 1.70. The number of hydrogen-bond donors (Lipinski definition) is 1. The molecule has 2 aromatic carbocycles. The Bertz CT molecular complexity index is 916. The van der Waals surface area contributed by atoms with E-state index >= 15 is 0 Å².